The molecule has 2 heterocycles. The number of primary amides is 1. The third kappa shape index (κ3) is 5.90. The van der Waals surface area contributed by atoms with Gasteiger partial charge in [0.2, 0.25) is 11.9 Å². The van der Waals surface area contributed by atoms with Crippen LogP contribution in [-0.2, 0) is 11.3 Å². The molecule has 5 fully saturated rings. The molecule has 5 aliphatic rings. The van der Waals surface area contributed by atoms with E-state index in [1.54, 1.807) is 6.20 Å². The van der Waals surface area contributed by atoms with Gasteiger partial charge in [-0.15, -0.1) is 0 Å². The molecular formula is C30H39ClN8O. The van der Waals surface area contributed by atoms with Crippen LogP contribution in [0.1, 0.15) is 56.1 Å². The van der Waals surface area contributed by atoms with E-state index in [2.05, 4.69) is 36.9 Å². The van der Waals surface area contributed by atoms with E-state index in [4.69, 9.17) is 17.3 Å². The number of rotatable bonds is 10. The number of aromatic nitrogens is 2. The highest BCUT2D eigenvalue weighted by molar-refractivity contribution is 6.31. The minimum atomic E-state index is -0.236. The summed E-state index contributed by atoms with van der Waals surface area (Å²) in [5.74, 6) is 3.05. The molecule has 2 aromatic rings. The highest BCUT2D eigenvalue weighted by Gasteiger charge is 2.55. The van der Waals surface area contributed by atoms with Gasteiger partial charge in [-0.25, -0.2) is 4.98 Å². The van der Waals surface area contributed by atoms with Gasteiger partial charge in [-0.2, -0.15) is 10.2 Å². The van der Waals surface area contributed by atoms with Gasteiger partial charge < -0.3 is 21.7 Å². The number of amides is 1. The summed E-state index contributed by atoms with van der Waals surface area (Å²) in [5, 5.41) is 21.3. The van der Waals surface area contributed by atoms with Crippen molar-refractivity contribution in [3.05, 3.63) is 46.6 Å². The Morgan fingerprint density at radius 3 is 2.60 bits per heavy atom. The van der Waals surface area contributed by atoms with Gasteiger partial charge in [0.05, 0.1) is 12.7 Å². The van der Waals surface area contributed by atoms with E-state index in [1.807, 2.05) is 24.3 Å². The Morgan fingerprint density at radius 2 is 1.90 bits per heavy atom. The summed E-state index contributed by atoms with van der Waals surface area (Å²) in [6.07, 6.45) is 10.1. The topological polar surface area (TPSA) is 132 Å². The number of nitrogens with one attached hydrogen (secondary N) is 3. The standard InChI is InChI=1S/C30H39ClN8O/c31-25-4-2-1-3-20(25)15-34-29-35-16-23(14-32)28(38-29)36-18-30-11-19-9-21(12-30)27(22(10-19)13-30)37-24-5-7-39(8-6-24)17-26(33)40/h1-4,16,19,21-22,24,27,37H,5-13,15,17-18H2,(H2,33,40)(H2,34,35,36,38)/t19?,21-,22+,27?,30?. The van der Waals surface area contributed by atoms with Crippen LogP contribution in [0.25, 0.3) is 0 Å². The first kappa shape index (κ1) is 27.3. The molecule has 0 radical (unpaired) electrons. The summed E-state index contributed by atoms with van der Waals surface area (Å²) in [5.41, 5.74) is 7.08. The SMILES string of the molecule is N#Cc1cnc(NCc2ccccc2Cl)nc1NCC12CC3C[C@H](C1)C(NC1CCN(CC(N)=O)CC1)[C@@H](C3)C2. The third-order valence-electron chi connectivity index (χ3n) is 9.73. The summed E-state index contributed by atoms with van der Waals surface area (Å²) in [6, 6.07) is 11.1. The van der Waals surface area contributed by atoms with Crippen LogP contribution in [0.4, 0.5) is 11.8 Å². The normalized spacial score (nSPS) is 29.7. The molecule has 1 amide bonds. The van der Waals surface area contributed by atoms with Crippen molar-refractivity contribution in [2.24, 2.45) is 28.9 Å². The van der Waals surface area contributed by atoms with Gasteiger partial charge in [-0.3, -0.25) is 9.69 Å². The fourth-order valence-corrected chi connectivity index (χ4v) is 8.41. The van der Waals surface area contributed by atoms with Crippen molar-refractivity contribution in [2.45, 2.75) is 63.6 Å². The van der Waals surface area contributed by atoms with Gasteiger partial charge in [-0.05, 0) is 79.7 Å². The predicted molar refractivity (Wildman–Crippen MR) is 156 cm³/mol. The average molecular weight is 563 g/mol. The zero-order chi connectivity index (χ0) is 27.7. The van der Waals surface area contributed by atoms with Crippen molar-refractivity contribution < 1.29 is 4.79 Å². The number of nitriles is 1. The number of carbonyl (C=O) groups excluding carboxylic acids is 1. The van der Waals surface area contributed by atoms with Gasteiger partial charge in [0, 0.05) is 43.3 Å². The molecule has 1 saturated heterocycles. The molecule has 4 aliphatic carbocycles. The molecule has 0 spiro atoms. The number of halogens is 1. The van der Waals surface area contributed by atoms with Crippen molar-refractivity contribution in [3.8, 4) is 6.07 Å². The summed E-state index contributed by atoms with van der Waals surface area (Å²) >= 11 is 6.30. The molecule has 3 unspecified atom stereocenters. The van der Waals surface area contributed by atoms with Gasteiger partial charge >= 0.3 is 0 Å². The zero-order valence-corrected chi connectivity index (χ0v) is 23.7. The van der Waals surface area contributed by atoms with E-state index >= 15 is 0 Å². The first-order valence-corrected chi connectivity index (χ1v) is 15.0. The van der Waals surface area contributed by atoms with E-state index in [9.17, 15) is 10.1 Å². The maximum atomic E-state index is 11.3. The number of hydrogen-bond donors (Lipinski definition) is 4. The lowest BCUT2D eigenvalue weighted by Crippen LogP contribution is -2.62. The van der Waals surface area contributed by atoms with E-state index in [0.717, 1.165) is 44.0 Å². The lowest BCUT2D eigenvalue weighted by Gasteiger charge is -2.61. The van der Waals surface area contributed by atoms with Crippen molar-refractivity contribution >= 4 is 29.3 Å². The molecule has 4 saturated carbocycles. The molecule has 9 nitrogen and oxygen atoms in total. The van der Waals surface area contributed by atoms with Crippen LogP contribution in [-0.4, -0.2) is 59.0 Å². The molecule has 5 N–H and O–H groups in total. The van der Waals surface area contributed by atoms with Gasteiger partial charge in [-0.1, -0.05) is 29.8 Å². The lowest BCUT2D eigenvalue weighted by atomic mass is 9.48. The number of carbonyl (C=O) groups is 1. The molecule has 5 atom stereocenters. The average Bonchev–Trinajstić information content (AvgIpc) is 2.94. The van der Waals surface area contributed by atoms with Crippen molar-refractivity contribution in [3.63, 3.8) is 0 Å². The second kappa shape index (κ2) is 11.5. The quantitative estimate of drug-likeness (QED) is 0.344. The van der Waals surface area contributed by atoms with Crippen LogP contribution in [0.5, 0.6) is 0 Å². The van der Waals surface area contributed by atoms with E-state index in [1.165, 1.54) is 32.1 Å². The summed E-state index contributed by atoms with van der Waals surface area (Å²) in [4.78, 5) is 22.5. The van der Waals surface area contributed by atoms with E-state index in [-0.39, 0.29) is 11.3 Å². The number of nitrogens with zero attached hydrogens (tertiary/aromatic N) is 4. The van der Waals surface area contributed by atoms with Crippen LogP contribution in [0.2, 0.25) is 5.02 Å². The Kier molecular flexibility index (Phi) is 7.84. The maximum absolute atomic E-state index is 11.3. The highest BCUT2D eigenvalue weighted by atomic mass is 35.5. The highest BCUT2D eigenvalue weighted by Crippen LogP contribution is 2.60. The molecule has 40 heavy (non-hydrogen) atoms. The van der Waals surface area contributed by atoms with Crippen molar-refractivity contribution in [1.29, 1.82) is 5.26 Å². The van der Waals surface area contributed by atoms with Gasteiger partial charge in [0.1, 0.15) is 17.5 Å². The molecule has 1 aromatic carbocycles. The van der Waals surface area contributed by atoms with Crippen molar-refractivity contribution in [2.75, 3.05) is 36.8 Å². The second-order valence-corrected chi connectivity index (χ2v) is 13.0. The Labute approximate surface area is 241 Å². The largest absolute Gasteiger partial charge is 0.369 e. The third-order valence-corrected chi connectivity index (χ3v) is 10.1. The monoisotopic (exact) mass is 562 g/mol. The number of likely N-dealkylation sites (tertiary alicyclic amines) is 1. The number of benzene rings is 1. The molecule has 7 rings (SSSR count). The molecular weight excluding hydrogens is 524 g/mol. The van der Waals surface area contributed by atoms with Crippen LogP contribution in [0, 0.1) is 34.5 Å². The van der Waals surface area contributed by atoms with Crippen LogP contribution in [0.3, 0.4) is 0 Å². The number of nitrogens with two attached hydrogens (primary N) is 1. The van der Waals surface area contributed by atoms with Gasteiger partial charge in [0.15, 0.2) is 0 Å². The first-order chi connectivity index (χ1) is 19.4. The lowest BCUT2D eigenvalue weighted by molar-refractivity contribution is -0.119. The number of piperidine rings is 1. The molecule has 1 aromatic heterocycles. The Balaban J connectivity index is 1.07. The minimum absolute atomic E-state index is 0.236. The summed E-state index contributed by atoms with van der Waals surface area (Å²) in [7, 11) is 0. The Morgan fingerprint density at radius 1 is 1.15 bits per heavy atom. The van der Waals surface area contributed by atoms with Crippen LogP contribution < -0.4 is 21.7 Å². The Hall–Kier alpha value is -2.93. The Bertz CT molecular complexity index is 1260. The fraction of sp³-hybridized carbons (Fsp3) is 0.600. The predicted octanol–water partition coefficient (Wildman–Crippen LogP) is 3.76. The van der Waals surface area contributed by atoms with E-state index in [0.29, 0.717) is 59.4 Å². The molecule has 10 heteroatoms. The van der Waals surface area contributed by atoms with Crippen LogP contribution >= 0.6 is 11.6 Å². The van der Waals surface area contributed by atoms with Gasteiger partial charge in [0.25, 0.3) is 0 Å². The zero-order valence-electron chi connectivity index (χ0n) is 22.9. The summed E-state index contributed by atoms with van der Waals surface area (Å²) < 4.78 is 0. The van der Waals surface area contributed by atoms with Crippen molar-refractivity contribution in [1.82, 2.24) is 20.2 Å². The first-order valence-electron chi connectivity index (χ1n) is 14.6. The fourth-order valence-electron chi connectivity index (χ4n) is 8.20. The summed E-state index contributed by atoms with van der Waals surface area (Å²) in [6.45, 7) is 3.60. The molecule has 1 aliphatic heterocycles. The minimum Gasteiger partial charge on any atom is -0.369 e. The van der Waals surface area contributed by atoms with Crippen LogP contribution in [0.15, 0.2) is 30.5 Å². The number of anilines is 2. The smallest absolute Gasteiger partial charge is 0.231 e. The second-order valence-electron chi connectivity index (χ2n) is 12.5. The number of hydrogen-bond acceptors (Lipinski definition) is 8. The van der Waals surface area contributed by atoms with E-state index < -0.39 is 0 Å². The molecule has 4 bridgehead atoms. The molecule has 212 valence electrons. The maximum Gasteiger partial charge on any atom is 0.231 e.